The van der Waals surface area contributed by atoms with Crippen molar-refractivity contribution < 1.29 is 0 Å². The normalized spacial score (nSPS) is 21.2. The van der Waals surface area contributed by atoms with Gasteiger partial charge < -0.3 is 0 Å². The zero-order chi connectivity index (χ0) is 8.67. The van der Waals surface area contributed by atoms with Crippen molar-refractivity contribution in [3.63, 3.8) is 0 Å². The number of hydrogen-bond acceptors (Lipinski definition) is 2. The van der Waals surface area contributed by atoms with E-state index in [1.807, 2.05) is 16.8 Å². The molecular weight excluding hydrogens is 178 g/mol. The van der Waals surface area contributed by atoms with Gasteiger partial charge in [0.15, 0.2) is 0 Å². The van der Waals surface area contributed by atoms with E-state index in [0.717, 1.165) is 0 Å². The predicted octanol–water partition coefficient (Wildman–Crippen LogP) is 3.42. The van der Waals surface area contributed by atoms with Gasteiger partial charge in [-0.05, 0) is 44.1 Å². The van der Waals surface area contributed by atoms with Crippen molar-refractivity contribution in [3.05, 3.63) is 21.7 Å². The lowest BCUT2D eigenvalue weighted by atomic mass is 9.83. The topological polar surface area (TPSA) is 12.9 Å². The second-order valence-electron chi connectivity index (χ2n) is 3.91. The summed E-state index contributed by atoms with van der Waals surface area (Å²) in [6.45, 7) is 0. The molecule has 2 aliphatic carbocycles. The molecule has 13 heavy (non-hydrogen) atoms. The van der Waals surface area contributed by atoms with Crippen molar-refractivity contribution in [2.45, 2.75) is 38.5 Å². The summed E-state index contributed by atoms with van der Waals surface area (Å²) in [5.74, 6) is 0. The van der Waals surface area contributed by atoms with E-state index >= 15 is 0 Å². The molecule has 0 saturated heterocycles. The maximum atomic E-state index is 4.50. The van der Waals surface area contributed by atoms with Gasteiger partial charge in [-0.3, -0.25) is 0 Å². The summed E-state index contributed by atoms with van der Waals surface area (Å²) in [6.07, 6.45) is 7.95. The van der Waals surface area contributed by atoms with Gasteiger partial charge in [-0.15, -0.1) is 11.3 Å². The molecule has 0 aliphatic heterocycles. The van der Waals surface area contributed by atoms with Crippen molar-refractivity contribution in [2.24, 2.45) is 0 Å². The quantitative estimate of drug-likeness (QED) is 0.612. The summed E-state index contributed by atoms with van der Waals surface area (Å²) in [5.41, 5.74) is 6.68. The van der Waals surface area contributed by atoms with Gasteiger partial charge in [-0.25, -0.2) is 4.98 Å². The molecule has 1 heterocycles. The zero-order valence-corrected chi connectivity index (χ0v) is 8.49. The number of fused-ring (bicyclic) bond motifs is 2. The van der Waals surface area contributed by atoms with Crippen molar-refractivity contribution in [2.75, 3.05) is 0 Å². The summed E-state index contributed by atoms with van der Waals surface area (Å²) in [4.78, 5) is 6.03. The molecule has 2 aliphatic rings. The average Bonchev–Trinajstić information content (AvgIpc) is 2.65. The Morgan fingerprint density at radius 1 is 1.08 bits per heavy atom. The van der Waals surface area contributed by atoms with Crippen molar-refractivity contribution in [1.29, 1.82) is 0 Å². The number of hydrogen-bond donors (Lipinski definition) is 0. The lowest BCUT2D eigenvalue weighted by Crippen LogP contribution is -2.07. The van der Waals surface area contributed by atoms with Crippen LogP contribution in [-0.4, -0.2) is 4.98 Å². The molecule has 0 radical (unpaired) electrons. The van der Waals surface area contributed by atoms with Crippen LogP contribution in [0.25, 0.3) is 5.57 Å². The van der Waals surface area contributed by atoms with Crippen LogP contribution in [0.2, 0.25) is 0 Å². The Kier molecular flexibility index (Phi) is 1.76. The van der Waals surface area contributed by atoms with Crippen LogP contribution in [-0.2, 0) is 6.42 Å². The predicted molar refractivity (Wildman–Crippen MR) is 55.8 cm³/mol. The largest absolute Gasteiger partial charge is 0.245 e. The van der Waals surface area contributed by atoms with Crippen LogP contribution in [0.3, 0.4) is 0 Å². The fourth-order valence-electron chi connectivity index (χ4n) is 2.49. The molecule has 0 unspecified atom stereocenters. The summed E-state index contributed by atoms with van der Waals surface area (Å²) >= 11 is 1.84. The van der Waals surface area contributed by atoms with E-state index in [2.05, 4.69) is 4.98 Å². The van der Waals surface area contributed by atoms with Gasteiger partial charge in [-0.2, -0.15) is 0 Å². The Balaban J connectivity index is 2.12. The molecule has 0 amide bonds. The molecule has 0 bridgehead atoms. The van der Waals surface area contributed by atoms with Gasteiger partial charge in [0.25, 0.3) is 0 Å². The molecule has 0 atom stereocenters. The second-order valence-corrected chi connectivity index (χ2v) is 4.85. The Morgan fingerprint density at radius 2 is 2.00 bits per heavy atom. The number of aromatic nitrogens is 1. The lowest BCUT2D eigenvalue weighted by molar-refractivity contribution is 0.675. The third-order valence-corrected chi connectivity index (χ3v) is 4.06. The molecule has 0 fully saturated rings. The van der Waals surface area contributed by atoms with Crippen LogP contribution in [0.1, 0.15) is 42.7 Å². The monoisotopic (exact) mass is 191 g/mol. The highest BCUT2D eigenvalue weighted by Crippen LogP contribution is 2.40. The third kappa shape index (κ3) is 1.16. The van der Waals surface area contributed by atoms with Crippen molar-refractivity contribution in [3.8, 4) is 0 Å². The molecule has 1 aromatic rings. The smallest absolute Gasteiger partial charge is 0.0802 e. The first-order valence-corrected chi connectivity index (χ1v) is 5.97. The van der Waals surface area contributed by atoms with Crippen molar-refractivity contribution >= 4 is 16.9 Å². The Hall–Kier alpha value is -0.630. The minimum absolute atomic E-state index is 1.25. The molecule has 2 heteroatoms. The van der Waals surface area contributed by atoms with E-state index in [9.17, 15) is 0 Å². The fraction of sp³-hybridized carbons (Fsp3) is 0.545. The molecule has 1 nitrogen and oxygen atoms in total. The Morgan fingerprint density at radius 3 is 3.00 bits per heavy atom. The van der Waals surface area contributed by atoms with Gasteiger partial charge in [0, 0.05) is 4.88 Å². The van der Waals surface area contributed by atoms with Crippen LogP contribution in [0.4, 0.5) is 0 Å². The molecule has 0 saturated carbocycles. The third-order valence-electron chi connectivity index (χ3n) is 3.16. The Bertz CT molecular complexity index is 362. The van der Waals surface area contributed by atoms with Crippen molar-refractivity contribution in [1.82, 2.24) is 4.98 Å². The molecular formula is C11H13NS. The number of nitrogens with zero attached hydrogens (tertiary/aromatic N) is 1. The number of thiazole rings is 1. The number of rotatable bonds is 0. The SMILES string of the molecule is c1nc2c(s1)CCC1=C2CCCC1. The summed E-state index contributed by atoms with van der Waals surface area (Å²) < 4.78 is 0. The maximum absolute atomic E-state index is 4.50. The standard InChI is InChI=1S/C11H13NS/c1-2-4-9-8(3-1)5-6-10-11(9)12-7-13-10/h7H,1-6H2. The van der Waals surface area contributed by atoms with E-state index in [4.69, 9.17) is 0 Å². The molecule has 68 valence electrons. The first-order valence-electron chi connectivity index (χ1n) is 5.09. The highest BCUT2D eigenvalue weighted by molar-refractivity contribution is 7.09. The minimum Gasteiger partial charge on any atom is -0.245 e. The molecule has 0 N–H and O–H groups in total. The summed E-state index contributed by atoms with van der Waals surface area (Å²) in [5, 5.41) is 0. The van der Waals surface area contributed by atoms with E-state index in [1.165, 1.54) is 49.1 Å². The fourth-order valence-corrected chi connectivity index (χ4v) is 3.28. The highest BCUT2D eigenvalue weighted by Gasteiger charge is 2.22. The molecule has 0 aromatic carbocycles. The van der Waals surface area contributed by atoms with E-state index in [0.29, 0.717) is 0 Å². The number of aryl methyl sites for hydroxylation is 1. The van der Waals surface area contributed by atoms with Crippen LogP contribution >= 0.6 is 11.3 Å². The summed E-state index contributed by atoms with van der Waals surface area (Å²) in [6, 6.07) is 0. The molecule has 1 aromatic heterocycles. The second kappa shape index (κ2) is 2.95. The lowest BCUT2D eigenvalue weighted by Gasteiger charge is -2.23. The van der Waals surface area contributed by atoms with Crippen LogP contribution in [0.5, 0.6) is 0 Å². The van der Waals surface area contributed by atoms with E-state index in [-0.39, 0.29) is 0 Å². The van der Waals surface area contributed by atoms with Crippen LogP contribution in [0, 0.1) is 0 Å². The first-order chi connectivity index (χ1) is 6.45. The zero-order valence-electron chi connectivity index (χ0n) is 7.68. The van der Waals surface area contributed by atoms with E-state index in [1.54, 1.807) is 11.1 Å². The van der Waals surface area contributed by atoms with E-state index < -0.39 is 0 Å². The van der Waals surface area contributed by atoms with Gasteiger partial charge in [-0.1, -0.05) is 5.57 Å². The molecule has 3 rings (SSSR count). The maximum Gasteiger partial charge on any atom is 0.0802 e. The average molecular weight is 191 g/mol. The van der Waals surface area contributed by atoms with Crippen LogP contribution < -0.4 is 0 Å². The number of allylic oxidation sites excluding steroid dienone is 2. The Labute approximate surface area is 82.5 Å². The summed E-state index contributed by atoms with van der Waals surface area (Å²) in [7, 11) is 0. The van der Waals surface area contributed by atoms with Gasteiger partial charge in [0.1, 0.15) is 0 Å². The minimum atomic E-state index is 1.25. The first kappa shape index (κ1) is 7.74. The van der Waals surface area contributed by atoms with Gasteiger partial charge in [0.05, 0.1) is 11.2 Å². The highest BCUT2D eigenvalue weighted by atomic mass is 32.1. The van der Waals surface area contributed by atoms with Gasteiger partial charge in [0.2, 0.25) is 0 Å². The molecule has 0 spiro atoms. The van der Waals surface area contributed by atoms with Gasteiger partial charge >= 0.3 is 0 Å². The van der Waals surface area contributed by atoms with Crippen LogP contribution in [0.15, 0.2) is 11.1 Å².